The number of carbonyl (C=O) groups excluding carboxylic acids is 2. The van der Waals surface area contributed by atoms with Crippen molar-refractivity contribution in [2.24, 2.45) is 0 Å². The second-order valence-corrected chi connectivity index (χ2v) is 5.50. The Kier molecular flexibility index (Phi) is 5.72. The fourth-order valence-electron chi connectivity index (χ4n) is 1.70. The zero-order chi connectivity index (χ0) is 16.0. The van der Waals surface area contributed by atoms with Gasteiger partial charge in [-0.15, -0.1) is 0 Å². The minimum Gasteiger partial charge on any atom is -0.467 e. The fraction of sp³-hybridized carbons (Fsp3) is 0.467. The summed E-state index contributed by atoms with van der Waals surface area (Å²) in [6, 6.07) is 7.70. The van der Waals surface area contributed by atoms with Gasteiger partial charge in [-0.2, -0.15) is 0 Å². The topological polar surface area (TPSA) is 84.9 Å². The van der Waals surface area contributed by atoms with Crippen molar-refractivity contribution in [3.8, 4) is 0 Å². The molecular formula is C15H21NO5. The van der Waals surface area contributed by atoms with Gasteiger partial charge in [0.25, 0.3) is 0 Å². The number of hydrogen-bond donors (Lipinski definition) is 2. The average molecular weight is 295 g/mol. The lowest BCUT2D eigenvalue weighted by molar-refractivity contribution is -0.152. The van der Waals surface area contributed by atoms with Crippen LogP contribution in [0.15, 0.2) is 30.3 Å². The second-order valence-electron chi connectivity index (χ2n) is 5.50. The van der Waals surface area contributed by atoms with Gasteiger partial charge in [-0.3, -0.25) is 0 Å². The molecule has 2 N–H and O–H groups in total. The predicted octanol–water partition coefficient (Wildman–Crippen LogP) is 1.79. The van der Waals surface area contributed by atoms with Crippen molar-refractivity contribution < 1.29 is 24.2 Å². The molecule has 1 rings (SSSR count). The summed E-state index contributed by atoms with van der Waals surface area (Å²) in [5.74, 6) is -0.833. The monoisotopic (exact) mass is 295 g/mol. The average Bonchev–Trinajstić information content (AvgIpc) is 2.42. The predicted molar refractivity (Wildman–Crippen MR) is 76.6 cm³/mol. The highest BCUT2D eigenvalue weighted by molar-refractivity contribution is 5.77. The lowest BCUT2D eigenvalue weighted by Gasteiger charge is -2.25. The molecule has 6 nitrogen and oxygen atoms in total. The van der Waals surface area contributed by atoms with Gasteiger partial charge in [-0.05, 0) is 26.3 Å². The number of amides is 1. The van der Waals surface area contributed by atoms with Crippen molar-refractivity contribution in [2.45, 2.75) is 38.5 Å². The maximum atomic E-state index is 11.9. The van der Waals surface area contributed by atoms with E-state index in [1.807, 2.05) is 0 Å². The van der Waals surface area contributed by atoms with Crippen molar-refractivity contribution in [2.75, 3.05) is 7.11 Å². The van der Waals surface area contributed by atoms with Gasteiger partial charge in [0.1, 0.15) is 5.60 Å². The van der Waals surface area contributed by atoms with Crippen molar-refractivity contribution in [3.05, 3.63) is 35.9 Å². The van der Waals surface area contributed by atoms with E-state index >= 15 is 0 Å². The molecule has 1 aromatic carbocycles. The van der Waals surface area contributed by atoms with Gasteiger partial charge in [0.2, 0.25) is 0 Å². The van der Waals surface area contributed by atoms with E-state index < -0.39 is 29.8 Å². The third kappa shape index (κ3) is 5.43. The molecule has 0 bridgehead atoms. The lowest BCUT2D eigenvalue weighted by Crippen LogP contribution is -2.43. The number of carbonyl (C=O) groups is 2. The molecule has 0 saturated carbocycles. The minimum absolute atomic E-state index is 0.571. The van der Waals surface area contributed by atoms with Crippen LogP contribution in [0.2, 0.25) is 0 Å². The van der Waals surface area contributed by atoms with Crippen LogP contribution in [0.1, 0.15) is 32.4 Å². The molecule has 0 spiro atoms. The number of methoxy groups -OCH3 is 1. The molecule has 2 atom stereocenters. The summed E-state index contributed by atoms with van der Waals surface area (Å²) >= 11 is 0. The molecule has 0 heterocycles. The summed E-state index contributed by atoms with van der Waals surface area (Å²) in [5, 5.41) is 12.5. The summed E-state index contributed by atoms with van der Waals surface area (Å²) in [4.78, 5) is 23.4. The molecule has 0 aliphatic rings. The minimum atomic E-state index is -1.52. The smallest absolute Gasteiger partial charge is 0.408 e. The van der Waals surface area contributed by atoms with Gasteiger partial charge in [-0.25, -0.2) is 9.59 Å². The highest BCUT2D eigenvalue weighted by Crippen LogP contribution is 2.19. The van der Waals surface area contributed by atoms with Gasteiger partial charge >= 0.3 is 12.1 Å². The van der Waals surface area contributed by atoms with Crippen LogP contribution in [-0.4, -0.2) is 36.0 Å². The van der Waals surface area contributed by atoms with Crippen LogP contribution >= 0.6 is 0 Å². The Bertz CT molecular complexity index is 481. The molecule has 0 radical (unpaired) electrons. The van der Waals surface area contributed by atoms with E-state index in [-0.39, 0.29) is 0 Å². The van der Waals surface area contributed by atoms with Crippen LogP contribution in [-0.2, 0) is 14.3 Å². The number of benzene rings is 1. The molecular weight excluding hydrogens is 274 g/mol. The summed E-state index contributed by atoms with van der Waals surface area (Å²) in [6.07, 6.45) is -2.25. The van der Waals surface area contributed by atoms with E-state index in [9.17, 15) is 14.7 Å². The van der Waals surface area contributed by atoms with E-state index in [1.54, 1.807) is 51.1 Å². The van der Waals surface area contributed by atoms with Gasteiger partial charge in [0.15, 0.2) is 6.10 Å². The van der Waals surface area contributed by atoms with Gasteiger partial charge in [-0.1, -0.05) is 30.3 Å². The van der Waals surface area contributed by atoms with Crippen molar-refractivity contribution in [1.29, 1.82) is 0 Å². The number of esters is 1. The Balaban J connectivity index is 2.93. The van der Waals surface area contributed by atoms with E-state index in [0.717, 1.165) is 0 Å². The highest BCUT2D eigenvalue weighted by Gasteiger charge is 2.31. The molecule has 116 valence electrons. The fourth-order valence-corrected chi connectivity index (χ4v) is 1.70. The number of hydrogen-bond acceptors (Lipinski definition) is 5. The summed E-state index contributed by atoms with van der Waals surface area (Å²) in [7, 11) is 1.17. The molecule has 0 aliphatic heterocycles. The van der Waals surface area contributed by atoms with E-state index in [2.05, 4.69) is 10.1 Å². The molecule has 0 fully saturated rings. The van der Waals surface area contributed by atoms with Gasteiger partial charge in [0, 0.05) is 0 Å². The normalized spacial score (nSPS) is 14.0. The van der Waals surface area contributed by atoms with Gasteiger partial charge in [0.05, 0.1) is 13.2 Å². The first kappa shape index (κ1) is 17.0. The van der Waals surface area contributed by atoms with Gasteiger partial charge < -0.3 is 19.9 Å². The highest BCUT2D eigenvalue weighted by atomic mass is 16.6. The number of rotatable bonds is 4. The van der Waals surface area contributed by atoms with E-state index in [1.165, 1.54) is 7.11 Å². The molecule has 1 aromatic rings. The first-order chi connectivity index (χ1) is 9.74. The zero-order valence-corrected chi connectivity index (χ0v) is 12.6. The quantitative estimate of drug-likeness (QED) is 0.827. The zero-order valence-electron chi connectivity index (χ0n) is 12.6. The summed E-state index contributed by atoms with van der Waals surface area (Å²) < 4.78 is 9.66. The first-order valence-electron chi connectivity index (χ1n) is 6.55. The summed E-state index contributed by atoms with van der Waals surface area (Å²) in [5.41, 5.74) is -0.108. The Morgan fingerprint density at radius 2 is 1.76 bits per heavy atom. The summed E-state index contributed by atoms with van der Waals surface area (Å²) in [6.45, 7) is 5.17. The Hall–Kier alpha value is -2.08. The van der Waals surface area contributed by atoms with Crippen molar-refractivity contribution in [1.82, 2.24) is 5.32 Å². The second kappa shape index (κ2) is 7.08. The maximum absolute atomic E-state index is 11.9. The first-order valence-corrected chi connectivity index (χ1v) is 6.55. The maximum Gasteiger partial charge on any atom is 0.408 e. The largest absolute Gasteiger partial charge is 0.467 e. The number of aliphatic hydroxyl groups is 1. The van der Waals surface area contributed by atoms with Crippen LogP contribution in [0.3, 0.4) is 0 Å². The molecule has 0 aromatic heterocycles. The third-order valence-electron chi connectivity index (χ3n) is 2.59. The van der Waals surface area contributed by atoms with Crippen LogP contribution < -0.4 is 5.32 Å². The number of aliphatic hydroxyl groups excluding tert-OH is 1. The Morgan fingerprint density at radius 1 is 1.19 bits per heavy atom. The van der Waals surface area contributed by atoms with Crippen molar-refractivity contribution in [3.63, 3.8) is 0 Å². The Labute approximate surface area is 124 Å². The SMILES string of the molecule is COC(=O)[C@H](O)[C@@H](NC(=O)OC(C)(C)C)c1ccccc1. The molecule has 1 amide bonds. The van der Waals surface area contributed by atoms with Crippen LogP contribution in [0.4, 0.5) is 4.79 Å². The molecule has 6 heteroatoms. The third-order valence-corrected chi connectivity index (χ3v) is 2.59. The van der Waals surface area contributed by atoms with Crippen LogP contribution in [0.25, 0.3) is 0 Å². The van der Waals surface area contributed by atoms with Crippen LogP contribution in [0, 0.1) is 0 Å². The number of nitrogens with one attached hydrogen (secondary N) is 1. The van der Waals surface area contributed by atoms with Crippen LogP contribution in [0.5, 0.6) is 0 Å². The van der Waals surface area contributed by atoms with Crippen molar-refractivity contribution >= 4 is 12.1 Å². The molecule has 0 saturated heterocycles. The number of alkyl carbamates (subject to hydrolysis) is 1. The Morgan fingerprint density at radius 3 is 2.24 bits per heavy atom. The van der Waals surface area contributed by atoms with E-state index in [0.29, 0.717) is 5.56 Å². The number of ether oxygens (including phenoxy) is 2. The van der Waals surface area contributed by atoms with E-state index in [4.69, 9.17) is 4.74 Å². The lowest BCUT2D eigenvalue weighted by atomic mass is 10.0. The molecule has 0 aliphatic carbocycles. The standard InChI is InChI=1S/C15H21NO5/c1-15(2,3)21-14(19)16-11(12(17)13(18)20-4)10-8-6-5-7-9-10/h5-9,11-12,17H,1-4H3,(H,16,19)/t11-,12+/m0/s1. The molecule has 0 unspecified atom stereocenters. The molecule has 21 heavy (non-hydrogen) atoms.